The summed E-state index contributed by atoms with van der Waals surface area (Å²) in [5, 5.41) is 5.19. The number of nitrogens with zero attached hydrogens (tertiary/aromatic N) is 2. The van der Waals surface area contributed by atoms with Crippen molar-refractivity contribution in [1.82, 2.24) is 4.48 Å². The number of hydrogen-bond donors (Lipinski definition) is 0. The summed E-state index contributed by atoms with van der Waals surface area (Å²) in [5.41, 5.74) is 21.8. The Kier molecular flexibility index (Phi) is 5.31. The van der Waals surface area contributed by atoms with Gasteiger partial charge in [0.2, 0.25) is 0 Å². The molecule has 2 nitrogen and oxygen atoms in total. The van der Waals surface area contributed by atoms with E-state index in [2.05, 4.69) is 197 Å². The molecule has 10 aromatic rings. The van der Waals surface area contributed by atoms with Gasteiger partial charge in [0.1, 0.15) is 0 Å². The molecular weight excluding hydrogens is 675 g/mol. The molecule has 0 unspecified atom stereocenters. The molecule has 3 aliphatic heterocycles. The SMILES string of the molecule is c1ccc(-c2cc3c4c(c2)N2c5ccccc5C5(c6ccccc6-c6ccccc65)c5cccc(c52)B4n2c4c-3cccc4c3ccc4ccccc4c32)cc1. The number of aromatic nitrogens is 1. The van der Waals surface area contributed by atoms with Crippen molar-refractivity contribution in [3.05, 3.63) is 210 Å². The van der Waals surface area contributed by atoms with Gasteiger partial charge in [-0.05, 0) is 84.6 Å². The van der Waals surface area contributed by atoms with Crippen molar-refractivity contribution in [3.63, 3.8) is 0 Å². The Labute approximate surface area is 324 Å². The number of anilines is 3. The molecule has 4 heterocycles. The second-order valence-electron chi connectivity index (χ2n) is 15.9. The topological polar surface area (TPSA) is 8.17 Å². The van der Waals surface area contributed by atoms with Crippen LogP contribution in [0.3, 0.4) is 0 Å². The average Bonchev–Trinajstić information content (AvgIpc) is 3.76. The molecule has 0 fully saturated rings. The molecule has 1 aromatic heterocycles. The van der Waals surface area contributed by atoms with E-state index in [9.17, 15) is 0 Å². The average molecular weight is 707 g/mol. The molecule has 1 aliphatic carbocycles. The van der Waals surface area contributed by atoms with Crippen molar-refractivity contribution < 1.29 is 0 Å². The van der Waals surface area contributed by atoms with Gasteiger partial charge in [-0.3, -0.25) is 0 Å². The van der Waals surface area contributed by atoms with Gasteiger partial charge in [-0.15, -0.1) is 0 Å². The first-order valence-electron chi connectivity index (χ1n) is 19.7. The molecule has 0 bridgehead atoms. The molecule has 0 saturated carbocycles. The van der Waals surface area contributed by atoms with Crippen molar-refractivity contribution in [2.24, 2.45) is 0 Å². The van der Waals surface area contributed by atoms with Gasteiger partial charge in [-0.1, -0.05) is 170 Å². The van der Waals surface area contributed by atoms with E-state index >= 15 is 0 Å². The monoisotopic (exact) mass is 706 g/mol. The molecular formula is C53H31BN2. The molecule has 0 radical (unpaired) electrons. The molecule has 0 amide bonds. The lowest BCUT2D eigenvalue weighted by Gasteiger charge is -2.49. The largest absolute Gasteiger partial charge is 0.375 e. The smallest absolute Gasteiger partial charge is 0.333 e. The molecule has 0 saturated heterocycles. The number of hydrogen-bond acceptors (Lipinski definition) is 1. The summed E-state index contributed by atoms with van der Waals surface area (Å²) in [6.07, 6.45) is 0. The van der Waals surface area contributed by atoms with Gasteiger partial charge in [0, 0.05) is 44.1 Å². The van der Waals surface area contributed by atoms with Crippen molar-refractivity contribution in [1.29, 1.82) is 0 Å². The summed E-state index contributed by atoms with van der Waals surface area (Å²) in [4.78, 5) is 2.64. The standard InChI is InChI=1S/C53H31BN2/c1-2-14-32(15-3-1)34-30-41-39-21-12-20-38-40-29-28-33-16-4-5-17-35(33)50(40)56(51(38)39)54-46-26-13-25-45-52(46)55(48(31-34)49(41)54)47-27-11-10-24-44(47)53(45)42-22-8-6-18-36(42)37-19-7-9-23-43(37)53/h1-31H. The highest BCUT2D eigenvalue weighted by Gasteiger charge is 2.55. The molecule has 4 aliphatic rings. The molecule has 14 rings (SSSR count). The first-order chi connectivity index (χ1) is 27.8. The van der Waals surface area contributed by atoms with Crippen LogP contribution in [0.1, 0.15) is 22.3 Å². The summed E-state index contributed by atoms with van der Waals surface area (Å²) in [7, 11) is 0. The zero-order valence-electron chi connectivity index (χ0n) is 30.4. The maximum atomic E-state index is 2.73. The predicted molar refractivity (Wildman–Crippen MR) is 234 cm³/mol. The highest BCUT2D eigenvalue weighted by molar-refractivity contribution is 6.90. The van der Waals surface area contributed by atoms with Gasteiger partial charge in [0.15, 0.2) is 0 Å². The van der Waals surface area contributed by atoms with E-state index in [-0.39, 0.29) is 6.85 Å². The van der Waals surface area contributed by atoms with Crippen LogP contribution in [0.4, 0.5) is 17.1 Å². The number of rotatable bonds is 1. The fourth-order valence-electron chi connectivity index (χ4n) is 11.5. The normalized spacial score (nSPS) is 14.5. The van der Waals surface area contributed by atoms with Gasteiger partial charge in [-0.25, -0.2) is 0 Å². The Morgan fingerprint density at radius 1 is 0.393 bits per heavy atom. The van der Waals surface area contributed by atoms with Crippen LogP contribution in [0.5, 0.6) is 0 Å². The van der Waals surface area contributed by atoms with Gasteiger partial charge in [0.25, 0.3) is 0 Å². The number of para-hydroxylation sites is 3. The summed E-state index contributed by atoms with van der Waals surface area (Å²) < 4.78 is 2.73. The molecule has 0 N–H and O–H groups in total. The molecule has 0 atom stereocenters. The summed E-state index contributed by atoms with van der Waals surface area (Å²) in [6, 6.07) is 71.2. The van der Waals surface area contributed by atoms with Gasteiger partial charge >= 0.3 is 6.85 Å². The third-order valence-electron chi connectivity index (χ3n) is 13.5. The van der Waals surface area contributed by atoms with E-state index in [0.717, 1.165) is 0 Å². The van der Waals surface area contributed by atoms with Crippen LogP contribution in [0.2, 0.25) is 0 Å². The fraction of sp³-hybridized carbons (Fsp3) is 0.0189. The maximum absolute atomic E-state index is 2.73. The fourth-order valence-corrected chi connectivity index (χ4v) is 11.5. The Hall–Kier alpha value is -7.10. The number of fused-ring (bicyclic) bond motifs is 18. The maximum Gasteiger partial charge on any atom is 0.333 e. The first-order valence-corrected chi connectivity index (χ1v) is 19.7. The molecule has 3 heteroatoms. The van der Waals surface area contributed by atoms with Crippen LogP contribution in [-0.2, 0) is 5.41 Å². The Bertz CT molecular complexity index is 3350. The van der Waals surface area contributed by atoms with Crippen LogP contribution >= 0.6 is 0 Å². The first kappa shape index (κ1) is 29.3. The van der Waals surface area contributed by atoms with Crippen molar-refractivity contribution >= 4 is 67.4 Å². The summed E-state index contributed by atoms with van der Waals surface area (Å²) in [5.74, 6) is 0. The second-order valence-corrected chi connectivity index (χ2v) is 15.9. The van der Waals surface area contributed by atoms with Crippen LogP contribution in [0.25, 0.3) is 66.0 Å². The van der Waals surface area contributed by atoms with Crippen molar-refractivity contribution in [2.45, 2.75) is 5.41 Å². The summed E-state index contributed by atoms with van der Waals surface area (Å²) >= 11 is 0. The minimum Gasteiger partial charge on any atom is -0.375 e. The van der Waals surface area contributed by atoms with Crippen molar-refractivity contribution in [2.75, 3.05) is 4.90 Å². The van der Waals surface area contributed by atoms with Gasteiger partial charge in [0.05, 0.1) is 11.1 Å². The van der Waals surface area contributed by atoms with Crippen LogP contribution in [0, 0.1) is 0 Å². The van der Waals surface area contributed by atoms with E-state index in [4.69, 9.17) is 0 Å². The Morgan fingerprint density at radius 3 is 1.88 bits per heavy atom. The van der Waals surface area contributed by atoms with E-state index in [1.807, 2.05) is 0 Å². The minimum absolute atomic E-state index is 0.0362. The molecule has 256 valence electrons. The lowest BCUT2D eigenvalue weighted by atomic mass is 9.44. The van der Waals surface area contributed by atoms with E-state index in [1.165, 1.54) is 116 Å². The van der Waals surface area contributed by atoms with Gasteiger partial charge in [-0.2, -0.15) is 0 Å². The van der Waals surface area contributed by atoms with Crippen LogP contribution in [0.15, 0.2) is 188 Å². The van der Waals surface area contributed by atoms with E-state index in [1.54, 1.807) is 0 Å². The highest BCUT2D eigenvalue weighted by atomic mass is 15.2. The highest BCUT2D eigenvalue weighted by Crippen LogP contribution is 2.64. The van der Waals surface area contributed by atoms with Crippen LogP contribution < -0.4 is 15.8 Å². The Balaban J connectivity index is 1.21. The minimum atomic E-state index is -0.476. The van der Waals surface area contributed by atoms with E-state index in [0.29, 0.717) is 0 Å². The quantitative estimate of drug-likeness (QED) is 0.154. The van der Waals surface area contributed by atoms with Crippen LogP contribution in [-0.4, -0.2) is 11.3 Å². The number of benzene rings is 9. The second kappa shape index (κ2) is 10.1. The van der Waals surface area contributed by atoms with Crippen molar-refractivity contribution in [3.8, 4) is 33.4 Å². The van der Waals surface area contributed by atoms with E-state index < -0.39 is 5.41 Å². The zero-order chi connectivity index (χ0) is 36.3. The predicted octanol–water partition coefficient (Wildman–Crippen LogP) is 11.7. The molecule has 9 aromatic carbocycles. The zero-order valence-corrected chi connectivity index (χ0v) is 30.4. The third kappa shape index (κ3) is 3.27. The summed E-state index contributed by atoms with van der Waals surface area (Å²) in [6.45, 7) is -0.0362. The lowest BCUT2D eigenvalue weighted by molar-refractivity contribution is 0.753. The third-order valence-corrected chi connectivity index (χ3v) is 13.5. The molecule has 56 heavy (non-hydrogen) atoms. The lowest BCUT2D eigenvalue weighted by Crippen LogP contribution is -2.58. The van der Waals surface area contributed by atoms with Gasteiger partial charge < -0.3 is 9.38 Å². The molecule has 1 spiro atoms. The Morgan fingerprint density at radius 2 is 1.04 bits per heavy atom.